The zero-order valence-corrected chi connectivity index (χ0v) is 17.5. The molecule has 2 aromatic heterocycles. The standard InChI is InChI=1S/C21H23FN4O3S/c1-25(12-17-4-2-10-28-17)19(27)14-30-21-24-23-20(15-6-8-16(22)9-7-15)26(21)13-18-5-3-11-29-18/h2,4,6-10,18H,3,5,11-14H2,1H3. The summed E-state index contributed by atoms with van der Waals surface area (Å²) in [6, 6.07) is 9.81. The molecule has 3 aromatic rings. The van der Waals surface area contributed by atoms with E-state index in [2.05, 4.69) is 10.2 Å². The van der Waals surface area contributed by atoms with Gasteiger partial charge in [0, 0.05) is 19.2 Å². The van der Waals surface area contributed by atoms with Crippen LogP contribution in [0.1, 0.15) is 18.6 Å². The summed E-state index contributed by atoms with van der Waals surface area (Å²) in [5, 5.41) is 9.26. The summed E-state index contributed by atoms with van der Waals surface area (Å²) in [6.45, 7) is 1.76. The molecule has 0 aliphatic carbocycles. The normalized spacial score (nSPS) is 16.1. The van der Waals surface area contributed by atoms with Crippen molar-refractivity contribution in [1.29, 1.82) is 0 Å². The largest absolute Gasteiger partial charge is 0.467 e. The van der Waals surface area contributed by atoms with Crippen molar-refractivity contribution in [3.8, 4) is 11.4 Å². The van der Waals surface area contributed by atoms with Crippen molar-refractivity contribution in [2.45, 2.75) is 37.2 Å². The quantitative estimate of drug-likeness (QED) is 0.509. The van der Waals surface area contributed by atoms with Crippen LogP contribution in [0.15, 0.2) is 52.2 Å². The molecule has 0 spiro atoms. The first-order valence-electron chi connectivity index (χ1n) is 9.80. The highest BCUT2D eigenvalue weighted by Gasteiger charge is 2.23. The van der Waals surface area contributed by atoms with E-state index in [1.165, 1.54) is 23.9 Å². The lowest BCUT2D eigenvalue weighted by Gasteiger charge is -2.17. The maximum atomic E-state index is 13.3. The third-order valence-corrected chi connectivity index (χ3v) is 5.90. The summed E-state index contributed by atoms with van der Waals surface area (Å²) >= 11 is 1.34. The van der Waals surface area contributed by atoms with E-state index in [0.29, 0.717) is 24.1 Å². The Labute approximate surface area is 178 Å². The Balaban J connectivity index is 1.48. The number of nitrogens with zero attached hydrogens (tertiary/aromatic N) is 4. The number of rotatable bonds is 8. The van der Waals surface area contributed by atoms with Crippen molar-refractivity contribution in [1.82, 2.24) is 19.7 Å². The molecule has 0 saturated carbocycles. The zero-order valence-electron chi connectivity index (χ0n) is 16.7. The predicted molar refractivity (Wildman–Crippen MR) is 110 cm³/mol. The van der Waals surface area contributed by atoms with Gasteiger partial charge < -0.3 is 14.1 Å². The maximum Gasteiger partial charge on any atom is 0.233 e. The van der Waals surface area contributed by atoms with E-state index in [-0.39, 0.29) is 23.6 Å². The topological polar surface area (TPSA) is 73.4 Å². The van der Waals surface area contributed by atoms with Crippen LogP contribution in [0.5, 0.6) is 0 Å². The van der Waals surface area contributed by atoms with Gasteiger partial charge >= 0.3 is 0 Å². The van der Waals surface area contributed by atoms with E-state index in [9.17, 15) is 9.18 Å². The molecule has 1 aliphatic rings. The van der Waals surface area contributed by atoms with E-state index in [0.717, 1.165) is 30.8 Å². The summed E-state index contributed by atoms with van der Waals surface area (Å²) < 4.78 is 26.4. The first kappa shape index (κ1) is 20.6. The average Bonchev–Trinajstić information content (AvgIpc) is 3.50. The Morgan fingerprint density at radius 3 is 2.83 bits per heavy atom. The number of furan rings is 1. The van der Waals surface area contributed by atoms with Gasteiger partial charge in [-0.25, -0.2) is 4.39 Å². The van der Waals surface area contributed by atoms with E-state index in [4.69, 9.17) is 9.15 Å². The molecule has 3 heterocycles. The van der Waals surface area contributed by atoms with Gasteiger partial charge in [0.2, 0.25) is 5.91 Å². The van der Waals surface area contributed by atoms with Gasteiger partial charge in [-0.15, -0.1) is 10.2 Å². The Morgan fingerprint density at radius 1 is 1.30 bits per heavy atom. The fraction of sp³-hybridized carbons (Fsp3) is 0.381. The molecule has 1 amide bonds. The molecule has 158 valence electrons. The van der Waals surface area contributed by atoms with Gasteiger partial charge in [0.05, 0.1) is 31.2 Å². The minimum Gasteiger partial charge on any atom is -0.467 e. The first-order valence-corrected chi connectivity index (χ1v) is 10.8. The third-order valence-electron chi connectivity index (χ3n) is 4.95. The van der Waals surface area contributed by atoms with Crippen molar-refractivity contribution >= 4 is 17.7 Å². The number of hydrogen-bond acceptors (Lipinski definition) is 6. The second-order valence-electron chi connectivity index (χ2n) is 7.18. The van der Waals surface area contributed by atoms with Gasteiger partial charge in [-0.1, -0.05) is 11.8 Å². The Bertz CT molecular complexity index is 969. The van der Waals surface area contributed by atoms with E-state index in [1.54, 1.807) is 36.4 Å². The monoisotopic (exact) mass is 430 g/mol. The van der Waals surface area contributed by atoms with Crippen molar-refractivity contribution in [3.63, 3.8) is 0 Å². The van der Waals surface area contributed by atoms with E-state index >= 15 is 0 Å². The summed E-state index contributed by atoms with van der Waals surface area (Å²) in [4.78, 5) is 14.2. The van der Waals surface area contributed by atoms with Crippen molar-refractivity contribution in [2.75, 3.05) is 19.4 Å². The molecule has 0 N–H and O–H groups in total. The lowest BCUT2D eigenvalue weighted by molar-refractivity contribution is -0.127. The Hall–Kier alpha value is -2.65. The van der Waals surface area contributed by atoms with E-state index in [1.807, 2.05) is 10.6 Å². The smallest absolute Gasteiger partial charge is 0.233 e. The number of thioether (sulfide) groups is 1. The summed E-state index contributed by atoms with van der Waals surface area (Å²) in [7, 11) is 1.74. The summed E-state index contributed by atoms with van der Waals surface area (Å²) in [5.74, 6) is 1.26. The fourth-order valence-corrected chi connectivity index (χ4v) is 4.21. The molecule has 1 unspecified atom stereocenters. The minimum atomic E-state index is -0.302. The molecular weight excluding hydrogens is 407 g/mol. The number of halogens is 1. The number of carbonyl (C=O) groups excluding carboxylic acids is 1. The second kappa shape index (κ2) is 9.44. The van der Waals surface area contributed by atoms with Crippen LogP contribution in [0.25, 0.3) is 11.4 Å². The highest BCUT2D eigenvalue weighted by atomic mass is 32.2. The number of carbonyl (C=O) groups is 1. The molecule has 30 heavy (non-hydrogen) atoms. The number of hydrogen-bond donors (Lipinski definition) is 0. The number of aromatic nitrogens is 3. The SMILES string of the molecule is CN(Cc1ccco1)C(=O)CSc1nnc(-c2ccc(F)cc2)n1CC1CCCO1. The lowest BCUT2D eigenvalue weighted by atomic mass is 10.2. The molecule has 1 aromatic carbocycles. The van der Waals surface area contributed by atoms with Gasteiger partial charge in [-0.2, -0.15) is 0 Å². The van der Waals surface area contributed by atoms with Crippen LogP contribution in [0.3, 0.4) is 0 Å². The molecule has 0 radical (unpaired) electrons. The molecule has 9 heteroatoms. The Kier molecular flexibility index (Phi) is 6.49. The number of ether oxygens (including phenoxy) is 1. The fourth-order valence-electron chi connectivity index (χ4n) is 3.33. The van der Waals surface area contributed by atoms with Crippen LogP contribution in [0.2, 0.25) is 0 Å². The van der Waals surface area contributed by atoms with Crippen molar-refractivity contribution in [2.24, 2.45) is 0 Å². The molecule has 7 nitrogen and oxygen atoms in total. The van der Waals surface area contributed by atoms with Crippen LogP contribution < -0.4 is 0 Å². The predicted octanol–water partition coefficient (Wildman–Crippen LogP) is 3.61. The zero-order chi connectivity index (χ0) is 20.9. The number of benzene rings is 1. The average molecular weight is 431 g/mol. The van der Waals surface area contributed by atoms with Crippen LogP contribution in [-0.2, 0) is 22.6 Å². The molecule has 0 bridgehead atoms. The molecule has 1 fully saturated rings. The Morgan fingerprint density at radius 2 is 2.13 bits per heavy atom. The van der Waals surface area contributed by atoms with Gasteiger partial charge in [0.25, 0.3) is 0 Å². The molecular formula is C21H23FN4O3S. The van der Waals surface area contributed by atoms with Gasteiger partial charge in [-0.05, 0) is 49.2 Å². The molecule has 1 atom stereocenters. The maximum absolute atomic E-state index is 13.3. The minimum absolute atomic E-state index is 0.0357. The number of amides is 1. The molecule has 1 saturated heterocycles. The third kappa shape index (κ3) is 4.91. The summed E-state index contributed by atoms with van der Waals surface area (Å²) in [6.07, 6.45) is 3.66. The second-order valence-corrected chi connectivity index (χ2v) is 8.12. The van der Waals surface area contributed by atoms with Gasteiger partial charge in [0.1, 0.15) is 11.6 Å². The van der Waals surface area contributed by atoms with E-state index < -0.39 is 0 Å². The van der Waals surface area contributed by atoms with Crippen LogP contribution in [0.4, 0.5) is 4.39 Å². The highest BCUT2D eigenvalue weighted by Crippen LogP contribution is 2.27. The van der Waals surface area contributed by atoms with Crippen molar-refractivity contribution in [3.05, 3.63) is 54.2 Å². The van der Waals surface area contributed by atoms with Crippen LogP contribution >= 0.6 is 11.8 Å². The molecule has 4 rings (SSSR count). The summed E-state index contributed by atoms with van der Waals surface area (Å²) in [5.41, 5.74) is 0.773. The van der Waals surface area contributed by atoms with Gasteiger partial charge in [0.15, 0.2) is 11.0 Å². The highest BCUT2D eigenvalue weighted by molar-refractivity contribution is 7.99. The van der Waals surface area contributed by atoms with Crippen molar-refractivity contribution < 1.29 is 18.3 Å². The first-order chi connectivity index (χ1) is 14.6. The van der Waals surface area contributed by atoms with Gasteiger partial charge in [-0.3, -0.25) is 9.36 Å². The van der Waals surface area contributed by atoms with Crippen LogP contribution in [-0.4, -0.2) is 51.1 Å². The van der Waals surface area contributed by atoms with Crippen LogP contribution in [0, 0.1) is 5.82 Å². The molecule has 1 aliphatic heterocycles. The lowest BCUT2D eigenvalue weighted by Crippen LogP contribution is -2.27.